The molecule has 0 unspecified atom stereocenters. The first kappa shape index (κ1) is 17.5. The molecule has 0 saturated carbocycles. The van der Waals surface area contributed by atoms with Crippen LogP contribution in [0.5, 0.6) is 5.75 Å². The third kappa shape index (κ3) is 3.66. The zero-order valence-electron chi connectivity index (χ0n) is 14.7. The van der Waals surface area contributed by atoms with Gasteiger partial charge in [0.05, 0.1) is 18.1 Å². The van der Waals surface area contributed by atoms with Crippen LogP contribution in [-0.4, -0.2) is 28.5 Å². The number of rotatable bonds is 5. The quantitative estimate of drug-likeness (QED) is 0.689. The van der Waals surface area contributed by atoms with Gasteiger partial charge in [0.1, 0.15) is 18.1 Å². The first-order valence-electron chi connectivity index (χ1n) is 8.29. The number of carbonyl (C=O) groups excluding carboxylic acids is 2. The number of para-hydroxylation sites is 2. The molecule has 0 aliphatic heterocycles. The third-order valence-corrected chi connectivity index (χ3v) is 4.00. The summed E-state index contributed by atoms with van der Waals surface area (Å²) in [6.07, 6.45) is 0.706. The molecule has 134 valence electrons. The van der Waals surface area contributed by atoms with E-state index in [1.54, 1.807) is 24.3 Å². The lowest BCUT2D eigenvalue weighted by atomic mass is 10.2. The molecule has 3 rings (SSSR count). The van der Waals surface area contributed by atoms with Gasteiger partial charge in [-0.25, -0.2) is 4.98 Å². The van der Waals surface area contributed by atoms with E-state index in [1.165, 1.54) is 7.11 Å². The standard InChI is InChI=1S/C19H20N4O3/c1-3-17-20-15-9-4-5-10-16(15)23(17)12-18(24)21-22-19(25)13-7-6-8-14(11-13)26-2/h4-11H,3,12H2,1-2H3,(H,21,24)(H,22,25). The third-order valence-electron chi connectivity index (χ3n) is 4.00. The second-order valence-electron chi connectivity index (χ2n) is 5.69. The van der Waals surface area contributed by atoms with E-state index in [4.69, 9.17) is 4.74 Å². The molecule has 1 heterocycles. The van der Waals surface area contributed by atoms with Crippen LogP contribution in [0.3, 0.4) is 0 Å². The first-order valence-corrected chi connectivity index (χ1v) is 8.29. The molecule has 2 amide bonds. The largest absolute Gasteiger partial charge is 0.497 e. The first-order chi connectivity index (χ1) is 12.6. The monoisotopic (exact) mass is 352 g/mol. The topological polar surface area (TPSA) is 85.3 Å². The Labute approximate surface area is 151 Å². The SMILES string of the molecule is CCc1nc2ccccc2n1CC(=O)NNC(=O)c1cccc(OC)c1. The Hall–Kier alpha value is -3.35. The molecule has 2 aromatic carbocycles. The second-order valence-corrected chi connectivity index (χ2v) is 5.69. The highest BCUT2D eigenvalue weighted by atomic mass is 16.5. The summed E-state index contributed by atoms with van der Waals surface area (Å²) in [4.78, 5) is 29.0. The van der Waals surface area contributed by atoms with Crippen LogP contribution < -0.4 is 15.6 Å². The molecule has 0 radical (unpaired) electrons. The summed E-state index contributed by atoms with van der Waals surface area (Å²) in [5.74, 6) is 0.643. The van der Waals surface area contributed by atoms with Crippen molar-refractivity contribution in [3.8, 4) is 5.75 Å². The number of hydrazine groups is 1. The fourth-order valence-electron chi connectivity index (χ4n) is 2.72. The molecule has 2 N–H and O–H groups in total. The van der Waals surface area contributed by atoms with Crippen molar-refractivity contribution >= 4 is 22.8 Å². The Morgan fingerprint density at radius 3 is 2.69 bits per heavy atom. The fourth-order valence-corrected chi connectivity index (χ4v) is 2.72. The Balaban J connectivity index is 1.67. The van der Waals surface area contributed by atoms with Crippen molar-refractivity contribution in [3.05, 3.63) is 59.9 Å². The van der Waals surface area contributed by atoms with Crippen LogP contribution in [0.25, 0.3) is 11.0 Å². The van der Waals surface area contributed by atoms with Gasteiger partial charge in [-0.1, -0.05) is 25.1 Å². The molecule has 7 nitrogen and oxygen atoms in total. The minimum absolute atomic E-state index is 0.0715. The maximum absolute atomic E-state index is 12.3. The number of ether oxygens (including phenoxy) is 1. The van der Waals surface area contributed by atoms with Gasteiger partial charge in [-0.15, -0.1) is 0 Å². The predicted octanol–water partition coefficient (Wildman–Crippen LogP) is 2.07. The van der Waals surface area contributed by atoms with E-state index >= 15 is 0 Å². The number of aromatic nitrogens is 2. The number of nitrogens with one attached hydrogen (secondary N) is 2. The van der Waals surface area contributed by atoms with Gasteiger partial charge in [-0.2, -0.15) is 0 Å². The maximum atomic E-state index is 12.3. The van der Waals surface area contributed by atoms with E-state index in [0.717, 1.165) is 16.9 Å². The fraction of sp³-hybridized carbons (Fsp3) is 0.211. The van der Waals surface area contributed by atoms with Gasteiger partial charge >= 0.3 is 0 Å². The normalized spacial score (nSPS) is 10.5. The molecule has 0 aliphatic carbocycles. The predicted molar refractivity (Wildman–Crippen MR) is 97.7 cm³/mol. The van der Waals surface area contributed by atoms with Gasteiger partial charge in [-0.3, -0.25) is 20.4 Å². The number of imidazole rings is 1. The zero-order chi connectivity index (χ0) is 18.5. The van der Waals surface area contributed by atoms with E-state index in [0.29, 0.717) is 17.7 Å². The minimum Gasteiger partial charge on any atom is -0.497 e. The Kier molecular flexibility index (Phi) is 5.17. The maximum Gasteiger partial charge on any atom is 0.269 e. The van der Waals surface area contributed by atoms with Crippen molar-refractivity contribution in [2.75, 3.05) is 7.11 Å². The summed E-state index contributed by atoms with van der Waals surface area (Å²) in [5, 5.41) is 0. The highest BCUT2D eigenvalue weighted by Gasteiger charge is 2.13. The van der Waals surface area contributed by atoms with Crippen LogP contribution in [0.1, 0.15) is 23.1 Å². The van der Waals surface area contributed by atoms with E-state index in [1.807, 2.05) is 35.8 Å². The van der Waals surface area contributed by atoms with Crippen molar-refractivity contribution in [1.82, 2.24) is 20.4 Å². The van der Waals surface area contributed by atoms with Crippen LogP contribution in [0.15, 0.2) is 48.5 Å². The molecule has 7 heteroatoms. The Bertz CT molecular complexity index is 949. The van der Waals surface area contributed by atoms with E-state index in [2.05, 4.69) is 15.8 Å². The van der Waals surface area contributed by atoms with Gasteiger partial charge in [0, 0.05) is 12.0 Å². The molecule has 0 bridgehead atoms. The molecule has 0 atom stereocenters. The Morgan fingerprint density at radius 2 is 1.92 bits per heavy atom. The molecule has 0 aliphatic rings. The minimum atomic E-state index is -0.413. The molecule has 1 aromatic heterocycles. The second kappa shape index (κ2) is 7.69. The number of aryl methyl sites for hydroxylation is 1. The lowest BCUT2D eigenvalue weighted by molar-refractivity contribution is -0.122. The number of carbonyl (C=O) groups is 2. The van der Waals surface area contributed by atoms with Gasteiger partial charge in [0.25, 0.3) is 11.8 Å². The van der Waals surface area contributed by atoms with Crippen molar-refractivity contribution in [2.24, 2.45) is 0 Å². The number of methoxy groups -OCH3 is 1. The number of amides is 2. The van der Waals surface area contributed by atoms with Gasteiger partial charge in [-0.05, 0) is 30.3 Å². The number of nitrogens with zero attached hydrogens (tertiary/aromatic N) is 2. The summed E-state index contributed by atoms with van der Waals surface area (Å²) in [6, 6.07) is 14.3. The number of hydrogen-bond acceptors (Lipinski definition) is 4. The number of benzene rings is 2. The van der Waals surface area contributed by atoms with Crippen molar-refractivity contribution in [1.29, 1.82) is 0 Å². The molecule has 0 saturated heterocycles. The Morgan fingerprint density at radius 1 is 1.12 bits per heavy atom. The smallest absolute Gasteiger partial charge is 0.269 e. The summed E-state index contributed by atoms with van der Waals surface area (Å²) < 4.78 is 6.94. The van der Waals surface area contributed by atoms with Crippen molar-refractivity contribution in [2.45, 2.75) is 19.9 Å². The van der Waals surface area contributed by atoms with Crippen molar-refractivity contribution < 1.29 is 14.3 Å². The lowest BCUT2D eigenvalue weighted by Crippen LogP contribution is -2.43. The van der Waals surface area contributed by atoms with Gasteiger partial charge in [0.15, 0.2) is 0 Å². The lowest BCUT2D eigenvalue weighted by Gasteiger charge is -2.10. The molecular weight excluding hydrogens is 332 g/mol. The van der Waals surface area contributed by atoms with Crippen molar-refractivity contribution in [3.63, 3.8) is 0 Å². The van der Waals surface area contributed by atoms with Crippen LogP contribution in [0.4, 0.5) is 0 Å². The average molecular weight is 352 g/mol. The van der Waals surface area contributed by atoms with Gasteiger partial charge in [0.2, 0.25) is 0 Å². The van der Waals surface area contributed by atoms with Crippen LogP contribution >= 0.6 is 0 Å². The molecule has 26 heavy (non-hydrogen) atoms. The highest BCUT2D eigenvalue weighted by molar-refractivity contribution is 5.95. The molecule has 3 aromatic rings. The van der Waals surface area contributed by atoms with E-state index in [9.17, 15) is 9.59 Å². The summed E-state index contributed by atoms with van der Waals surface area (Å²) >= 11 is 0. The highest BCUT2D eigenvalue weighted by Crippen LogP contribution is 2.16. The number of fused-ring (bicyclic) bond motifs is 1. The zero-order valence-corrected chi connectivity index (χ0v) is 14.7. The van der Waals surface area contributed by atoms with E-state index in [-0.39, 0.29) is 12.5 Å². The summed E-state index contributed by atoms with van der Waals surface area (Å²) in [6.45, 7) is 2.06. The summed E-state index contributed by atoms with van der Waals surface area (Å²) in [5.41, 5.74) is 6.99. The van der Waals surface area contributed by atoms with Crippen LogP contribution in [0.2, 0.25) is 0 Å². The number of hydrogen-bond donors (Lipinski definition) is 2. The van der Waals surface area contributed by atoms with Crippen LogP contribution in [-0.2, 0) is 17.8 Å². The summed E-state index contributed by atoms with van der Waals surface area (Å²) in [7, 11) is 1.53. The average Bonchev–Trinajstić information content (AvgIpc) is 3.03. The molecular formula is C19H20N4O3. The van der Waals surface area contributed by atoms with Gasteiger partial charge < -0.3 is 9.30 Å². The van der Waals surface area contributed by atoms with Crippen LogP contribution in [0, 0.1) is 0 Å². The molecule has 0 fully saturated rings. The van der Waals surface area contributed by atoms with E-state index < -0.39 is 5.91 Å². The molecule has 0 spiro atoms.